The first kappa shape index (κ1) is 14.6. The van der Waals surface area contributed by atoms with Crippen LogP contribution in [0.3, 0.4) is 0 Å². The van der Waals surface area contributed by atoms with Gasteiger partial charge in [0, 0.05) is 11.3 Å². The molecule has 5 heteroatoms. The third kappa shape index (κ3) is 3.40. The highest BCUT2D eigenvalue weighted by atomic mass is 35.5. The summed E-state index contributed by atoms with van der Waals surface area (Å²) in [5.41, 5.74) is 7.85. The molecule has 0 aliphatic carbocycles. The number of carbonyl (C=O) groups excluding carboxylic acids is 1. The van der Waals surface area contributed by atoms with Gasteiger partial charge < -0.3 is 11.1 Å². The van der Waals surface area contributed by atoms with Crippen LogP contribution in [0.2, 0.25) is 5.02 Å². The second-order valence-electron chi connectivity index (χ2n) is 4.09. The number of rotatable bonds is 2. The molecule has 20 heavy (non-hydrogen) atoms. The molecule has 2 rings (SSSR count). The van der Waals surface area contributed by atoms with E-state index in [4.69, 9.17) is 17.3 Å². The molecule has 1 amide bonds. The Labute approximate surface area is 126 Å². The highest BCUT2D eigenvalue weighted by molar-refractivity contribution is 7.12. The maximum Gasteiger partial charge on any atom is 0.267 e. The molecule has 3 nitrogen and oxygen atoms in total. The second kappa shape index (κ2) is 6.58. The van der Waals surface area contributed by atoms with Crippen LogP contribution in [0, 0.1) is 18.8 Å². The van der Waals surface area contributed by atoms with Gasteiger partial charge in [-0.15, -0.1) is 11.3 Å². The Balaban J connectivity index is 2.25. The predicted molar refractivity (Wildman–Crippen MR) is 84.4 cm³/mol. The third-order valence-electron chi connectivity index (χ3n) is 2.64. The van der Waals surface area contributed by atoms with E-state index in [1.165, 1.54) is 11.3 Å². The minimum atomic E-state index is -0.211. The van der Waals surface area contributed by atoms with Crippen LogP contribution in [0.5, 0.6) is 0 Å². The zero-order valence-electron chi connectivity index (χ0n) is 10.9. The second-order valence-corrected chi connectivity index (χ2v) is 5.41. The first-order valence-electron chi connectivity index (χ1n) is 5.95. The molecule has 0 atom stereocenters. The molecular formula is C15H13ClN2OS. The number of carbonyl (C=O) groups is 1. The Morgan fingerprint density at radius 3 is 2.90 bits per heavy atom. The van der Waals surface area contributed by atoms with Gasteiger partial charge in [-0.25, -0.2) is 0 Å². The minimum Gasteiger partial charge on any atom is -0.321 e. The van der Waals surface area contributed by atoms with Crippen LogP contribution in [0.15, 0.2) is 29.6 Å². The fraction of sp³-hybridized carbons (Fsp3) is 0.133. The number of thiophene rings is 1. The fourth-order valence-corrected chi connectivity index (χ4v) is 2.66. The van der Waals surface area contributed by atoms with Gasteiger partial charge in [-0.1, -0.05) is 29.5 Å². The lowest BCUT2D eigenvalue weighted by atomic mass is 10.1. The van der Waals surface area contributed by atoms with E-state index in [0.29, 0.717) is 16.4 Å². The van der Waals surface area contributed by atoms with Gasteiger partial charge in [0.1, 0.15) is 4.88 Å². The summed E-state index contributed by atoms with van der Waals surface area (Å²) in [5, 5.41) is 5.11. The Morgan fingerprint density at radius 1 is 1.45 bits per heavy atom. The number of nitrogens with one attached hydrogen (secondary N) is 1. The average molecular weight is 305 g/mol. The van der Waals surface area contributed by atoms with Crippen molar-refractivity contribution in [2.24, 2.45) is 5.73 Å². The van der Waals surface area contributed by atoms with Gasteiger partial charge in [0.05, 0.1) is 11.6 Å². The molecule has 1 aromatic carbocycles. The first-order valence-corrected chi connectivity index (χ1v) is 7.21. The highest BCUT2D eigenvalue weighted by Gasteiger charge is 2.13. The largest absolute Gasteiger partial charge is 0.321 e. The maximum atomic E-state index is 12.1. The summed E-state index contributed by atoms with van der Waals surface area (Å²) in [5.74, 6) is 5.52. The van der Waals surface area contributed by atoms with Crippen LogP contribution < -0.4 is 11.1 Å². The van der Waals surface area contributed by atoms with Crippen LogP contribution in [0.25, 0.3) is 0 Å². The van der Waals surface area contributed by atoms with Gasteiger partial charge in [0.15, 0.2) is 0 Å². The van der Waals surface area contributed by atoms with Crippen molar-refractivity contribution in [3.63, 3.8) is 0 Å². The molecular weight excluding hydrogens is 292 g/mol. The lowest BCUT2D eigenvalue weighted by Crippen LogP contribution is -2.11. The average Bonchev–Trinajstić information content (AvgIpc) is 2.86. The number of halogens is 1. The quantitative estimate of drug-likeness (QED) is 0.837. The number of hydrogen-bond donors (Lipinski definition) is 2. The fourth-order valence-electron chi connectivity index (χ4n) is 1.62. The van der Waals surface area contributed by atoms with Crippen LogP contribution in [-0.2, 0) is 0 Å². The first-order chi connectivity index (χ1) is 9.61. The molecule has 0 radical (unpaired) electrons. The van der Waals surface area contributed by atoms with E-state index in [1.54, 1.807) is 11.4 Å². The van der Waals surface area contributed by atoms with E-state index in [9.17, 15) is 4.79 Å². The number of amides is 1. The Bertz CT molecular complexity index is 697. The lowest BCUT2D eigenvalue weighted by molar-refractivity contribution is 0.103. The molecule has 0 saturated carbocycles. The minimum absolute atomic E-state index is 0.211. The molecule has 1 aromatic heterocycles. The molecule has 0 saturated heterocycles. The molecule has 2 aromatic rings. The van der Waals surface area contributed by atoms with E-state index in [1.807, 2.05) is 25.1 Å². The summed E-state index contributed by atoms with van der Waals surface area (Å²) < 4.78 is 0. The number of anilines is 1. The van der Waals surface area contributed by atoms with Gasteiger partial charge in [0.25, 0.3) is 5.91 Å². The van der Waals surface area contributed by atoms with Crippen molar-refractivity contribution in [2.75, 3.05) is 11.9 Å². The molecule has 0 aliphatic rings. The summed E-state index contributed by atoms with van der Waals surface area (Å²) in [6.07, 6.45) is 0. The molecule has 1 heterocycles. The lowest BCUT2D eigenvalue weighted by Gasteiger charge is -2.08. The van der Waals surface area contributed by atoms with Gasteiger partial charge in [-0.05, 0) is 36.1 Å². The molecule has 0 bridgehead atoms. The van der Waals surface area contributed by atoms with Crippen molar-refractivity contribution >= 4 is 34.5 Å². The molecule has 0 aliphatic heterocycles. The van der Waals surface area contributed by atoms with Gasteiger partial charge in [-0.3, -0.25) is 4.79 Å². The summed E-state index contributed by atoms with van der Waals surface area (Å²) >= 11 is 7.27. The predicted octanol–water partition coefficient (Wildman–Crippen LogP) is 3.27. The van der Waals surface area contributed by atoms with Crippen molar-refractivity contribution in [2.45, 2.75) is 6.92 Å². The van der Waals surface area contributed by atoms with Crippen LogP contribution in [-0.4, -0.2) is 12.5 Å². The maximum absolute atomic E-state index is 12.1. The van der Waals surface area contributed by atoms with Gasteiger partial charge in [-0.2, -0.15) is 0 Å². The third-order valence-corrected chi connectivity index (χ3v) is 3.98. The Kier molecular flexibility index (Phi) is 4.80. The standard InChI is InChI=1S/C15H13ClN2OS/c1-10-4-5-11(3-2-7-17)9-13(10)18-15(19)14-12(16)6-8-20-14/h4-6,8-9H,7,17H2,1H3,(H,18,19). The van der Waals surface area contributed by atoms with Crippen molar-refractivity contribution in [3.05, 3.63) is 50.7 Å². The van der Waals surface area contributed by atoms with Crippen LogP contribution in [0.4, 0.5) is 5.69 Å². The monoisotopic (exact) mass is 304 g/mol. The number of hydrogen-bond acceptors (Lipinski definition) is 3. The summed E-state index contributed by atoms with van der Waals surface area (Å²) in [6, 6.07) is 7.34. The van der Waals surface area contributed by atoms with E-state index >= 15 is 0 Å². The van der Waals surface area contributed by atoms with E-state index in [-0.39, 0.29) is 5.91 Å². The highest BCUT2D eigenvalue weighted by Crippen LogP contribution is 2.24. The Hall–Kier alpha value is -1.80. The summed E-state index contributed by atoms with van der Waals surface area (Å²) in [7, 11) is 0. The van der Waals surface area contributed by atoms with E-state index in [0.717, 1.165) is 16.8 Å². The number of aryl methyl sites for hydroxylation is 1. The Morgan fingerprint density at radius 2 is 2.25 bits per heavy atom. The van der Waals surface area contributed by atoms with Gasteiger partial charge >= 0.3 is 0 Å². The normalized spacial score (nSPS) is 9.75. The van der Waals surface area contributed by atoms with Crippen molar-refractivity contribution in [1.29, 1.82) is 0 Å². The SMILES string of the molecule is Cc1ccc(C#CCN)cc1NC(=O)c1sccc1Cl. The summed E-state index contributed by atoms with van der Waals surface area (Å²) in [6.45, 7) is 2.23. The molecule has 0 unspecified atom stereocenters. The van der Waals surface area contributed by atoms with E-state index in [2.05, 4.69) is 17.2 Å². The number of benzene rings is 1. The van der Waals surface area contributed by atoms with Crippen LogP contribution in [0.1, 0.15) is 20.8 Å². The van der Waals surface area contributed by atoms with Gasteiger partial charge in [0.2, 0.25) is 0 Å². The summed E-state index contributed by atoms with van der Waals surface area (Å²) in [4.78, 5) is 12.6. The number of nitrogens with two attached hydrogens (primary N) is 1. The molecule has 0 spiro atoms. The molecule has 102 valence electrons. The topological polar surface area (TPSA) is 55.1 Å². The smallest absolute Gasteiger partial charge is 0.267 e. The zero-order chi connectivity index (χ0) is 14.5. The molecule has 0 fully saturated rings. The van der Waals surface area contributed by atoms with E-state index < -0.39 is 0 Å². The zero-order valence-corrected chi connectivity index (χ0v) is 12.4. The van der Waals surface area contributed by atoms with Crippen LogP contribution >= 0.6 is 22.9 Å². The van der Waals surface area contributed by atoms with Crippen molar-refractivity contribution in [3.8, 4) is 11.8 Å². The van der Waals surface area contributed by atoms with Crippen molar-refractivity contribution in [1.82, 2.24) is 0 Å². The van der Waals surface area contributed by atoms with Crippen molar-refractivity contribution < 1.29 is 4.79 Å². The molecule has 3 N–H and O–H groups in total.